The monoisotopic (exact) mass is 396 g/mol. The van der Waals surface area contributed by atoms with Gasteiger partial charge in [-0.2, -0.15) is 10.4 Å². The highest BCUT2D eigenvalue weighted by atomic mass is 15.3. The number of benzene rings is 1. The van der Waals surface area contributed by atoms with Crippen molar-refractivity contribution in [2.45, 2.75) is 19.8 Å². The van der Waals surface area contributed by atoms with Crippen LogP contribution in [0.5, 0.6) is 0 Å². The lowest BCUT2D eigenvalue weighted by molar-refractivity contribution is 0.693. The lowest BCUT2D eigenvalue weighted by Crippen LogP contribution is -2.23. The van der Waals surface area contributed by atoms with Crippen LogP contribution < -0.4 is 4.90 Å². The molecule has 0 radical (unpaired) electrons. The van der Waals surface area contributed by atoms with Crippen LogP contribution in [0, 0.1) is 18.3 Å². The van der Waals surface area contributed by atoms with Gasteiger partial charge in [0.05, 0.1) is 23.1 Å². The first-order valence-corrected chi connectivity index (χ1v) is 9.74. The van der Waals surface area contributed by atoms with Gasteiger partial charge in [0.25, 0.3) is 0 Å². The molecule has 0 aliphatic carbocycles. The molecule has 148 valence electrons. The number of hydrogen-bond acceptors (Lipinski definition) is 6. The zero-order valence-corrected chi connectivity index (χ0v) is 17.0. The van der Waals surface area contributed by atoms with E-state index in [1.807, 2.05) is 32.4 Å². The third-order valence-corrected chi connectivity index (χ3v) is 5.45. The van der Waals surface area contributed by atoms with E-state index in [1.54, 1.807) is 16.9 Å². The van der Waals surface area contributed by atoms with Crippen molar-refractivity contribution in [1.29, 1.82) is 5.26 Å². The van der Waals surface area contributed by atoms with E-state index in [0.29, 0.717) is 12.1 Å². The molecule has 0 N–H and O–H groups in total. The number of aromatic nitrogens is 6. The Morgan fingerprint density at radius 3 is 2.63 bits per heavy atom. The van der Waals surface area contributed by atoms with Crippen LogP contribution in [0.3, 0.4) is 0 Å². The Kier molecular flexibility index (Phi) is 4.10. The molecule has 0 spiro atoms. The Morgan fingerprint density at radius 1 is 1.07 bits per heavy atom. The van der Waals surface area contributed by atoms with E-state index in [1.165, 1.54) is 0 Å². The van der Waals surface area contributed by atoms with E-state index in [0.717, 1.165) is 40.0 Å². The van der Waals surface area contributed by atoms with Crippen molar-refractivity contribution < 1.29 is 0 Å². The van der Waals surface area contributed by atoms with Gasteiger partial charge in [0.2, 0.25) is 0 Å². The molecule has 1 aliphatic rings. The topological polar surface area (TPSA) is 88.5 Å². The Morgan fingerprint density at radius 2 is 1.93 bits per heavy atom. The van der Waals surface area contributed by atoms with Crippen LogP contribution >= 0.6 is 0 Å². The zero-order valence-electron chi connectivity index (χ0n) is 17.0. The SMILES string of the molecule is Cc1nnc2n1-c1ccc(-c3cnn(C)c3)cc1N(c1ccc(C#N)cn1)CC2C. The molecule has 4 aromatic rings. The standard InChI is InChI=1S/C22H20N8/c1-14-12-29(21-7-4-16(9-23)10-24-21)20-8-17(18-11-25-28(3)13-18)5-6-19(20)30-15(2)26-27-22(14)30/h4-8,10-11,13-14H,12H2,1-3H3. The van der Waals surface area contributed by atoms with Crippen LogP contribution in [0.25, 0.3) is 16.8 Å². The van der Waals surface area contributed by atoms with Crippen LogP contribution in [0.4, 0.5) is 11.5 Å². The molecule has 8 heteroatoms. The quantitative estimate of drug-likeness (QED) is 0.515. The summed E-state index contributed by atoms with van der Waals surface area (Å²) in [6.07, 6.45) is 5.47. The van der Waals surface area contributed by atoms with Crippen molar-refractivity contribution >= 4 is 11.5 Å². The highest BCUT2D eigenvalue weighted by molar-refractivity contribution is 5.78. The minimum atomic E-state index is 0.137. The summed E-state index contributed by atoms with van der Waals surface area (Å²) in [7, 11) is 1.91. The van der Waals surface area contributed by atoms with Gasteiger partial charge in [-0.1, -0.05) is 13.0 Å². The molecule has 1 aromatic carbocycles. The van der Waals surface area contributed by atoms with Crippen molar-refractivity contribution in [3.8, 4) is 22.9 Å². The summed E-state index contributed by atoms with van der Waals surface area (Å²) in [6.45, 7) is 4.81. The predicted molar refractivity (Wildman–Crippen MR) is 113 cm³/mol. The van der Waals surface area contributed by atoms with Gasteiger partial charge in [-0.05, 0) is 36.8 Å². The van der Waals surface area contributed by atoms with Gasteiger partial charge < -0.3 is 4.90 Å². The van der Waals surface area contributed by atoms with Crippen LogP contribution in [0.15, 0.2) is 48.9 Å². The van der Waals surface area contributed by atoms with Crippen molar-refractivity contribution in [1.82, 2.24) is 29.5 Å². The van der Waals surface area contributed by atoms with Crippen molar-refractivity contribution in [2.75, 3.05) is 11.4 Å². The van der Waals surface area contributed by atoms with E-state index in [4.69, 9.17) is 5.26 Å². The maximum absolute atomic E-state index is 9.14. The molecule has 0 amide bonds. The van der Waals surface area contributed by atoms with Gasteiger partial charge in [-0.3, -0.25) is 9.25 Å². The van der Waals surface area contributed by atoms with E-state index < -0.39 is 0 Å². The molecule has 1 atom stereocenters. The van der Waals surface area contributed by atoms with Gasteiger partial charge in [-0.25, -0.2) is 4.98 Å². The fraction of sp³-hybridized carbons (Fsp3) is 0.227. The molecule has 30 heavy (non-hydrogen) atoms. The molecular formula is C22H20N8. The smallest absolute Gasteiger partial charge is 0.142 e. The Bertz CT molecular complexity index is 1280. The van der Waals surface area contributed by atoms with Crippen molar-refractivity contribution in [3.63, 3.8) is 0 Å². The molecule has 0 saturated heterocycles. The van der Waals surface area contributed by atoms with Crippen LogP contribution in [-0.4, -0.2) is 36.1 Å². The first-order chi connectivity index (χ1) is 14.5. The van der Waals surface area contributed by atoms with Gasteiger partial charge in [0, 0.05) is 37.5 Å². The summed E-state index contributed by atoms with van der Waals surface area (Å²) in [4.78, 5) is 6.76. The van der Waals surface area contributed by atoms with Crippen LogP contribution in [-0.2, 0) is 7.05 Å². The second kappa shape index (κ2) is 6.81. The molecule has 1 aliphatic heterocycles. The molecule has 8 nitrogen and oxygen atoms in total. The van der Waals surface area contributed by atoms with Gasteiger partial charge in [0.1, 0.15) is 23.5 Å². The number of nitriles is 1. The molecule has 0 fully saturated rings. The molecule has 0 bridgehead atoms. The third kappa shape index (κ3) is 2.83. The van der Waals surface area contributed by atoms with Crippen molar-refractivity contribution in [3.05, 3.63) is 66.1 Å². The molecular weight excluding hydrogens is 376 g/mol. The van der Waals surface area contributed by atoms with Crippen LogP contribution in [0.2, 0.25) is 0 Å². The molecule has 5 rings (SSSR count). The van der Waals surface area contributed by atoms with E-state index in [-0.39, 0.29) is 5.92 Å². The third-order valence-electron chi connectivity index (χ3n) is 5.45. The number of nitrogens with zero attached hydrogens (tertiary/aromatic N) is 8. The first kappa shape index (κ1) is 18.1. The second-order valence-electron chi connectivity index (χ2n) is 7.58. The van der Waals surface area contributed by atoms with Gasteiger partial charge in [0.15, 0.2) is 0 Å². The average molecular weight is 396 g/mol. The second-order valence-corrected chi connectivity index (χ2v) is 7.58. The summed E-state index contributed by atoms with van der Waals surface area (Å²) >= 11 is 0. The first-order valence-electron chi connectivity index (χ1n) is 9.74. The Labute approximate surface area is 174 Å². The highest BCUT2D eigenvalue weighted by Gasteiger charge is 2.29. The maximum Gasteiger partial charge on any atom is 0.142 e. The zero-order chi connectivity index (χ0) is 20.8. The summed E-state index contributed by atoms with van der Waals surface area (Å²) in [5, 5.41) is 22.2. The highest BCUT2D eigenvalue weighted by Crippen LogP contribution is 2.39. The van der Waals surface area contributed by atoms with E-state index >= 15 is 0 Å². The molecule has 4 heterocycles. The number of rotatable bonds is 2. The van der Waals surface area contributed by atoms with Crippen LogP contribution in [0.1, 0.15) is 30.1 Å². The average Bonchev–Trinajstić information content (AvgIpc) is 3.34. The van der Waals surface area contributed by atoms with Gasteiger partial charge >= 0.3 is 0 Å². The predicted octanol–water partition coefficient (Wildman–Crippen LogP) is 3.50. The molecule has 0 saturated carbocycles. The number of hydrogen-bond donors (Lipinski definition) is 0. The number of pyridine rings is 1. The number of anilines is 2. The molecule has 3 aromatic heterocycles. The minimum absolute atomic E-state index is 0.137. The van der Waals surface area contributed by atoms with E-state index in [9.17, 15) is 0 Å². The normalized spacial score (nSPS) is 15.3. The summed E-state index contributed by atoms with van der Waals surface area (Å²) in [5.74, 6) is 2.71. The number of fused-ring (bicyclic) bond motifs is 3. The summed E-state index contributed by atoms with van der Waals surface area (Å²) in [5.41, 5.74) is 4.69. The molecule has 1 unspecified atom stereocenters. The van der Waals surface area contributed by atoms with E-state index in [2.05, 4.69) is 60.9 Å². The van der Waals surface area contributed by atoms with Gasteiger partial charge in [-0.15, -0.1) is 10.2 Å². The minimum Gasteiger partial charge on any atom is -0.324 e. The largest absolute Gasteiger partial charge is 0.324 e. The lowest BCUT2D eigenvalue weighted by atomic mass is 10.1. The lowest BCUT2D eigenvalue weighted by Gasteiger charge is -2.26. The number of aryl methyl sites for hydroxylation is 2. The maximum atomic E-state index is 9.14. The Balaban J connectivity index is 1.73. The Hall–Kier alpha value is -3.99. The fourth-order valence-electron chi connectivity index (χ4n) is 3.96. The summed E-state index contributed by atoms with van der Waals surface area (Å²) < 4.78 is 3.92. The fourth-order valence-corrected chi connectivity index (χ4v) is 3.96. The summed E-state index contributed by atoms with van der Waals surface area (Å²) in [6, 6.07) is 12.2. The van der Waals surface area contributed by atoms with Crippen molar-refractivity contribution in [2.24, 2.45) is 7.05 Å².